The van der Waals surface area contributed by atoms with Crippen molar-refractivity contribution in [3.8, 4) is 0 Å². The molecule has 2 heterocycles. The average molecular weight is 499 g/mol. The predicted octanol–water partition coefficient (Wildman–Crippen LogP) is 5.08. The van der Waals surface area contributed by atoms with Gasteiger partial charge >= 0.3 is 0 Å². The van der Waals surface area contributed by atoms with E-state index >= 15 is 0 Å². The van der Waals surface area contributed by atoms with Crippen LogP contribution in [0.1, 0.15) is 56.7 Å². The summed E-state index contributed by atoms with van der Waals surface area (Å²) in [5.41, 5.74) is 4.62. The summed E-state index contributed by atoms with van der Waals surface area (Å²) in [6.45, 7) is 5.63. The second-order valence-corrected chi connectivity index (χ2v) is 9.70. The molecule has 0 saturated carbocycles. The van der Waals surface area contributed by atoms with E-state index in [2.05, 4.69) is 20.5 Å². The van der Waals surface area contributed by atoms with E-state index in [9.17, 15) is 9.59 Å². The molecule has 37 heavy (non-hydrogen) atoms. The molecule has 192 valence electrons. The van der Waals surface area contributed by atoms with Gasteiger partial charge in [0.05, 0.1) is 16.9 Å². The fourth-order valence-corrected chi connectivity index (χ4v) is 4.42. The highest BCUT2D eigenvalue weighted by Crippen LogP contribution is 2.31. The zero-order chi connectivity index (χ0) is 26.5. The molecule has 3 N–H and O–H groups in total. The van der Waals surface area contributed by atoms with E-state index in [1.165, 1.54) is 6.42 Å². The van der Waals surface area contributed by atoms with Crippen molar-refractivity contribution in [3.63, 3.8) is 0 Å². The Bertz CT molecular complexity index is 1290. The average Bonchev–Trinajstić information content (AvgIpc) is 2.90. The monoisotopic (exact) mass is 498 g/mol. The van der Waals surface area contributed by atoms with Crippen LogP contribution in [0.3, 0.4) is 0 Å². The summed E-state index contributed by atoms with van der Waals surface area (Å²) in [5, 5.41) is 14.3. The first kappa shape index (κ1) is 25.9. The van der Waals surface area contributed by atoms with Gasteiger partial charge in [-0.2, -0.15) is 0 Å². The number of aryl methyl sites for hydroxylation is 2. The van der Waals surface area contributed by atoms with Gasteiger partial charge in [-0.25, -0.2) is 4.98 Å². The molecule has 1 aromatic heterocycles. The highest BCUT2D eigenvalue weighted by atomic mass is 16.2. The van der Waals surface area contributed by atoms with Crippen LogP contribution in [-0.4, -0.2) is 54.7 Å². The van der Waals surface area contributed by atoms with Crippen molar-refractivity contribution in [1.82, 2.24) is 9.88 Å². The molecule has 8 nitrogen and oxygen atoms in total. The smallest absolute Gasteiger partial charge is 0.259 e. The summed E-state index contributed by atoms with van der Waals surface area (Å²) < 4.78 is 0. The molecular formula is C29H34N6O2. The normalized spacial score (nSPS) is 13.1. The topological polar surface area (TPSA) is 101 Å². The van der Waals surface area contributed by atoms with Gasteiger partial charge in [0.2, 0.25) is 0 Å². The first-order chi connectivity index (χ1) is 17.7. The summed E-state index contributed by atoms with van der Waals surface area (Å²) >= 11 is 0. The molecule has 4 rings (SSSR count). The minimum absolute atomic E-state index is 0.328. The lowest BCUT2D eigenvalue weighted by atomic mass is 10.0. The highest BCUT2D eigenvalue weighted by Gasteiger charge is 2.21. The number of hydrogen-bond donors (Lipinski definition) is 3. The lowest BCUT2D eigenvalue weighted by molar-refractivity contribution is 0.102. The van der Waals surface area contributed by atoms with Crippen molar-refractivity contribution in [2.75, 3.05) is 42.7 Å². The first-order valence-electron chi connectivity index (χ1n) is 12.5. The molecular weight excluding hydrogens is 464 g/mol. The predicted molar refractivity (Wildman–Crippen MR) is 149 cm³/mol. The number of nitrogens with one attached hydrogen (secondary N) is 3. The highest BCUT2D eigenvalue weighted by molar-refractivity contribution is 6.15. The Balaban J connectivity index is 1.58. The van der Waals surface area contributed by atoms with Crippen LogP contribution in [0.15, 0.2) is 54.7 Å². The third-order valence-electron chi connectivity index (χ3n) is 6.47. The van der Waals surface area contributed by atoms with E-state index in [4.69, 9.17) is 5.41 Å². The third-order valence-corrected chi connectivity index (χ3v) is 6.47. The minimum atomic E-state index is -0.358. The van der Waals surface area contributed by atoms with Gasteiger partial charge < -0.3 is 20.4 Å². The third kappa shape index (κ3) is 6.14. The van der Waals surface area contributed by atoms with Gasteiger partial charge in [0.1, 0.15) is 11.7 Å². The van der Waals surface area contributed by atoms with E-state index in [1.54, 1.807) is 30.5 Å². The van der Waals surface area contributed by atoms with Crippen LogP contribution in [0.4, 0.5) is 17.2 Å². The van der Waals surface area contributed by atoms with E-state index in [0.29, 0.717) is 28.5 Å². The molecule has 0 unspecified atom stereocenters. The molecule has 0 spiro atoms. The second-order valence-electron chi connectivity index (χ2n) is 9.70. The number of carbonyl (C=O) groups is 2. The van der Waals surface area contributed by atoms with Gasteiger partial charge in [0, 0.05) is 44.5 Å². The van der Waals surface area contributed by atoms with Crippen LogP contribution < -0.4 is 15.5 Å². The number of hydrogen-bond acceptors (Lipinski definition) is 5. The van der Waals surface area contributed by atoms with E-state index in [-0.39, 0.29) is 11.8 Å². The van der Waals surface area contributed by atoms with E-state index in [0.717, 1.165) is 48.3 Å². The zero-order valence-electron chi connectivity index (χ0n) is 21.9. The maximum Gasteiger partial charge on any atom is 0.259 e. The molecule has 1 aliphatic rings. The number of rotatable bonds is 6. The fourth-order valence-electron chi connectivity index (χ4n) is 4.42. The molecule has 1 saturated heterocycles. The van der Waals surface area contributed by atoms with Gasteiger partial charge in [-0.3, -0.25) is 15.0 Å². The molecule has 8 heteroatoms. The Morgan fingerprint density at radius 1 is 0.865 bits per heavy atom. The molecule has 0 radical (unpaired) electrons. The minimum Gasteiger partial charge on any atom is -0.376 e. The molecule has 0 atom stereocenters. The summed E-state index contributed by atoms with van der Waals surface area (Å²) in [4.78, 5) is 34.8. The van der Waals surface area contributed by atoms with E-state index in [1.807, 2.05) is 57.1 Å². The number of nitrogens with zero attached hydrogens (tertiary/aromatic N) is 3. The van der Waals surface area contributed by atoms with Gasteiger partial charge in [0.15, 0.2) is 0 Å². The summed E-state index contributed by atoms with van der Waals surface area (Å²) in [6.07, 6.45) is 5.10. The molecule has 2 aromatic carbocycles. The largest absolute Gasteiger partial charge is 0.376 e. The fraction of sp³-hybridized carbons (Fsp3) is 0.310. The van der Waals surface area contributed by atoms with Crippen molar-refractivity contribution in [2.45, 2.75) is 33.1 Å². The first-order valence-corrected chi connectivity index (χ1v) is 12.5. The molecule has 1 fully saturated rings. The number of amidine groups is 1. The summed E-state index contributed by atoms with van der Waals surface area (Å²) in [5.74, 6) is 0.241. The Morgan fingerprint density at radius 2 is 1.54 bits per heavy atom. The quantitative estimate of drug-likeness (QED) is 0.325. The number of pyridine rings is 1. The molecule has 0 aliphatic carbocycles. The Morgan fingerprint density at radius 3 is 2.16 bits per heavy atom. The van der Waals surface area contributed by atoms with Crippen LogP contribution in [0.5, 0.6) is 0 Å². The van der Waals surface area contributed by atoms with Crippen molar-refractivity contribution in [1.29, 1.82) is 5.41 Å². The Hall–Kier alpha value is -4.20. The molecule has 1 aliphatic heterocycles. The summed E-state index contributed by atoms with van der Waals surface area (Å²) in [6, 6.07) is 14.4. The van der Waals surface area contributed by atoms with E-state index < -0.39 is 0 Å². The lowest BCUT2D eigenvalue weighted by Gasteiger charge is -2.29. The van der Waals surface area contributed by atoms with Gasteiger partial charge in [-0.15, -0.1) is 0 Å². The number of aromatic nitrogens is 1. The number of anilines is 3. The van der Waals surface area contributed by atoms with Crippen LogP contribution in [0.2, 0.25) is 0 Å². The Labute approximate surface area is 218 Å². The molecule has 2 amide bonds. The van der Waals surface area contributed by atoms with Crippen LogP contribution >= 0.6 is 0 Å². The number of piperidine rings is 1. The number of amides is 2. The lowest BCUT2D eigenvalue weighted by Crippen LogP contribution is -2.35. The summed E-state index contributed by atoms with van der Waals surface area (Å²) in [7, 11) is 3.74. The zero-order valence-corrected chi connectivity index (χ0v) is 21.9. The molecule has 3 aromatic rings. The number of carbonyl (C=O) groups excluding carboxylic acids is 2. The van der Waals surface area contributed by atoms with Crippen molar-refractivity contribution in [2.24, 2.45) is 0 Å². The van der Waals surface area contributed by atoms with Crippen LogP contribution in [-0.2, 0) is 0 Å². The number of likely N-dealkylation sites (tertiary alicyclic amines) is 1. The van der Waals surface area contributed by atoms with Crippen LogP contribution in [0.25, 0.3) is 0 Å². The number of benzene rings is 2. The van der Waals surface area contributed by atoms with Gasteiger partial charge in [-0.05, 0) is 74.6 Å². The Kier molecular flexibility index (Phi) is 7.86. The van der Waals surface area contributed by atoms with Crippen molar-refractivity contribution in [3.05, 3.63) is 82.5 Å². The maximum atomic E-state index is 13.3. The second kappa shape index (κ2) is 11.2. The van der Waals surface area contributed by atoms with Crippen molar-refractivity contribution >= 4 is 34.8 Å². The maximum absolute atomic E-state index is 13.3. The van der Waals surface area contributed by atoms with Crippen molar-refractivity contribution < 1.29 is 9.59 Å². The SMILES string of the molecule is Cc1ccc(NC(=O)c2cc(C)cc(N(C)C)c2NC(=O)c2ccc(C(=N)N3CCCCC3)cc2)nc1. The van der Waals surface area contributed by atoms with Gasteiger partial charge in [-0.1, -0.05) is 18.2 Å². The standard InChI is InChI=1S/C29H34N6O2/c1-19-8-13-25(31-18-19)32-29(37)23-16-20(2)17-24(34(3)4)26(23)33-28(36)22-11-9-21(10-12-22)27(30)35-14-6-5-7-15-35/h8-13,16-18,30H,5-7,14-15H2,1-4H3,(H,33,36)(H,31,32,37). The molecule has 0 bridgehead atoms. The van der Waals surface area contributed by atoms with Gasteiger partial charge in [0.25, 0.3) is 11.8 Å². The van der Waals surface area contributed by atoms with Crippen LogP contribution in [0, 0.1) is 19.3 Å².